The Hall–Kier alpha value is -0.780. The van der Waals surface area contributed by atoms with Crippen LogP contribution in [0.5, 0.6) is 0 Å². The van der Waals surface area contributed by atoms with Gasteiger partial charge in [-0.3, -0.25) is 0 Å². The number of allylic oxidation sites excluding steroid dienone is 5. The number of hydrogen-bond donors (Lipinski definition) is 0. The maximum atomic E-state index is 4.12. The molecule has 0 spiro atoms. The lowest BCUT2D eigenvalue weighted by Crippen LogP contribution is -2.05. The van der Waals surface area contributed by atoms with Crippen LogP contribution < -0.4 is 0 Å². The molecule has 3 aliphatic carbocycles. The average molecular weight is 130 g/mol. The first kappa shape index (κ1) is 4.95. The van der Waals surface area contributed by atoms with Gasteiger partial charge >= 0.3 is 0 Å². The maximum absolute atomic E-state index is 4.12. The summed E-state index contributed by atoms with van der Waals surface area (Å²) in [6.07, 6.45) is 9.34. The van der Waals surface area contributed by atoms with Crippen molar-refractivity contribution in [3.05, 3.63) is 36.5 Å². The van der Waals surface area contributed by atoms with Gasteiger partial charge in [0, 0.05) is 5.92 Å². The van der Waals surface area contributed by atoms with Gasteiger partial charge < -0.3 is 0 Å². The van der Waals surface area contributed by atoms with Gasteiger partial charge in [-0.25, -0.2) is 0 Å². The van der Waals surface area contributed by atoms with E-state index in [9.17, 15) is 0 Å². The molecule has 0 radical (unpaired) electrons. The van der Waals surface area contributed by atoms with Crippen molar-refractivity contribution in [2.45, 2.75) is 0 Å². The molecule has 0 aliphatic heterocycles. The third kappa shape index (κ3) is 0.377. The van der Waals surface area contributed by atoms with Gasteiger partial charge in [0.2, 0.25) is 0 Å². The predicted octanol–water partition coefficient (Wildman–Crippen LogP) is 2.16. The van der Waals surface area contributed by atoms with Crippen LogP contribution in [0, 0.1) is 23.7 Å². The Morgan fingerprint density at radius 3 is 2.10 bits per heavy atom. The van der Waals surface area contributed by atoms with Crippen molar-refractivity contribution in [3.8, 4) is 0 Å². The molecule has 1 fully saturated rings. The third-order valence-corrected chi connectivity index (χ3v) is 3.07. The summed E-state index contributed by atoms with van der Waals surface area (Å²) in [5, 5.41) is 0. The molecule has 0 N–H and O–H groups in total. The molecule has 0 unspecified atom stereocenters. The van der Waals surface area contributed by atoms with Crippen molar-refractivity contribution in [2.75, 3.05) is 0 Å². The summed E-state index contributed by atoms with van der Waals surface area (Å²) in [5.74, 6) is 3.09. The summed E-state index contributed by atoms with van der Waals surface area (Å²) < 4.78 is 0. The van der Waals surface area contributed by atoms with Crippen molar-refractivity contribution < 1.29 is 0 Å². The monoisotopic (exact) mass is 130 g/mol. The Bertz CT molecular complexity index is 237. The highest BCUT2D eigenvalue weighted by molar-refractivity contribution is 5.41. The van der Waals surface area contributed by atoms with E-state index in [4.69, 9.17) is 0 Å². The van der Waals surface area contributed by atoms with Crippen molar-refractivity contribution in [1.29, 1.82) is 0 Å². The molecule has 0 aromatic rings. The standard InChI is InChI=1S/C10H10/c1-6-7-2-4-8-9(5-3-7)10(6)8/h2-5,7-10H,1H2/t7?,8-,9-,10?/m0/s1. The molecule has 3 aliphatic rings. The normalized spacial score (nSPS) is 53.4. The van der Waals surface area contributed by atoms with Crippen LogP contribution >= 0.6 is 0 Å². The van der Waals surface area contributed by atoms with Crippen LogP contribution in [0.2, 0.25) is 0 Å². The topological polar surface area (TPSA) is 0 Å². The van der Waals surface area contributed by atoms with Crippen molar-refractivity contribution in [1.82, 2.24) is 0 Å². The van der Waals surface area contributed by atoms with E-state index >= 15 is 0 Å². The van der Waals surface area contributed by atoms with Gasteiger partial charge in [-0.1, -0.05) is 36.5 Å². The van der Waals surface area contributed by atoms with E-state index in [2.05, 4.69) is 30.9 Å². The van der Waals surface area contributed by atoms with Crippen molar-refractivity contribution in [2.24, 2.45) is 23.7 Å². The van der Waals surface area contributed by atoms with Crippen LogP contribution in [-0.2, 0) is 0 Å². The van der Waals surface area contributed by atoms with E-state index < -0.39 is 0 Å². The van der Waals surface area contributed by atoms with Crippen molar-refractivity contribution in [3.63, 3.8) is 0 Å². The molecular weight excluding hydrogens is 120 g/mol. The fourth-order valence-electron chi connectivity index (χ4n) is 2.38. The Morgan fingerprint density at radius 2 is 1.60 bits per heavy atom. The van der Waals surface area contributed by atoms with Crippen LogP contribution in [-0.4, -0.2) is 0 Å². The van der Waals surface area contributed by atoms with Gasteiger partial charge in [-0.05, 0) is 17.8 Å². The Kier molecular flexibility index (Phi) is 0.639. The van der Waals surface area contributed by atoms with Crippen LogP contribution in [0.3, 0.4) is 0 Å². The molecule has 50 valence electrons. The van der Waals surface area contributed by atoms with Crippen LogP contribution in [0.1, 0.15) is 0 Å². The van der Waals surface area contributed by atoms with Gasteiger partial charge in [-0.15, -0.1) is 0 Å². The first-order valence-corrected chi connectivity index (χ1v) is 3.93. The molecule has 10 heavy (non-hydrogen) atoms. The SMILES string of the molecule is C=C1C2C=C[C@@H]3C1[C@H]3C=C2. The van der Waals surface area contributed by atoms with Gasteiger partial charge in [0.1, 0.15) is 0 Å². The highest BCUT2D eigenvalue weighted by atomic mass is 14.6. The third-order valence-electron chi connectivity index (χ3n) is 3.07. The summed E-state index contributed by atoms with van der Waals surface area (Å²) in [4.78, 5) is 0. The summed E-state index contributed by atoms with van der Waals surface area (Å²) in [6, 6.07) is 0. The summed E-state index contributed by atoms with van der Waals surface area (Å²) in [5.41, 5.74) is 1.46. The van der Waals surface area contributed by atoms with Crippen molar-refractivity contribution >= 4 is 0 Å². The average Bonchev–Trinajstić information content (AvgIpc) is 2.59. The zero-order valence-corrected chi connectivity index (χ0v) is 5.83. The molecule has 0 heteroatoms. The zero-order valence-electron chi connectivity index (χ0n) is 5.83. The Labute approximate surface area is 60.9 Å². The first-order valence-electron chi connectivity index (χ1n) is 3.93. The quantitative estimate of drug-likeness (QED) is 0.441. The number of hydrogen-bond acceptors (Lipinski definition) is 0. The minimum absolute atomic E-state index is 0.583. The molecule has 0 heterocycles. The second-order valence-electron chi connectivity index (χ2n) is 3.55. The van der Waals surface area contributed by atoms with Crippen LogP contribution in [0.25, 0.3) is 0 Å². The van der Waals surface area contributed by atoms with Crippen LogP contribution in [0.15, 0.2) is 36.5 Å². The molecule has 0 amide bonds. The largest absolute Gasteiger partial charge is 0.0986 e. The molecule has 2 bridgehead atoms. The summed E-state index contributed by atoms with van der Waals surface area (Å²) >= 11 is 0. The van der Waals surface area contributed by atoms with Gasteiger partial charge in [0.25, 0.3) is 0 Å². The lowest BCUT2D eigenvalue weighted by molar-refractivity contribution is 0.747. The summed E-state index contributed by atoms with van der Waals surface area (Å²) in [7, 11) is 0. The van der Waals surface area contributed by atoms with E-state index in [1.165, 1.54) is 5.57 Å². The van der Waals surface area contributed by atoms with E-state index in [-0.39, 0.29) is 0 Å². The predicted molar refractivity (Wildman–Crippen MR) is 41.4 cm³/mol. The van der Waals surface area contributed by atoms with E-state index in [0.717, 1.165) is 17.8 Å². The molecule has 0 aromatic carbocycles. The fraction of sp³-hybridized carbons (Fsp3) is 0.400. The van der Waals surface area contributed by atoms with E-state index in [1.54, 1.807) is 0 Å². The van der Waals surface area contributed by atoms with Gasteiger partial charge in [0.15, 0.2) is 0 Å². The smallest absolute Gasteiger partial charge is 0.0158 e. The number of rotatable bonds is 0. The van der Waals surface area contributed by atoms with E-state index in [1.807, 2.05) is 0 Å². The fourth-order valence-corrected chi connectivity index (χ4v) is 2.38. The molecule has 0 saturated heterocycles. The molecular formula is C10H10. The molecule has 0 aromatic heterocycles. The lowest BCUT2D eigenvalue weighted by atomic mass is 9.88. The highest BCUT2D eigenvalue weighted by Crippen LogP contribution is 2.59. The minimum atomic E-state index is 0.583. The lowest BCUT2D eigenvalue weighted by Gasteiger charge is -2.16. The maximum Gasteiger partial charge on any atom is 0.0158 e. The minimum Gasteiger partial charge on any atom is -0.0986 e. The Morgan fingerprint density at radius 1 is 1.00 bits per heavy atom. The van der Waals surface area contributed by atoms with Gasteiger partial charge in [0.05, 0.1) is 0 Å². The first-order chi connectivity index (χ1) is 4.88. The molecule has 3 rings (SSSR count). The molecule has 0 nitrogen and oxygen atoms in total. The second-order valence-corrected chi connectivity index (χ2v) is 3.55. The Balaban J connectivity index is 2.21. The van der Waals surface area contributed by atoms with E-state index in [0.29, 0.717) is 5.92 Å². The highest BCUT2D eigenvalue weighted by Gasteiger charge is 2.52. The summed E-state index contributed by atoms with van der Waals surface area (Å²) in [6.45, 7) is 4.12. The second kappa shape index (κ2) is 1.29. The molecule has 1 saturated carbocycles. The van der Waals surface area contributed by atoms with Gasteiger partial charge in [-0.2, -0.15) is 0 Å². The number of fused-ring (bicyclic) bond motifs is 2. The zero-order chi connectivity index (χ0) is 6.72. The van der Waals surface area contributed by atoms with Crippen LogP contribution in [0.4, 0.5) is 0 Å². The molecule has 2 atom stereocenters.